The van der Waals surface area contributed by atoms with Crippen LogP contribution in [0.4, 0.5) is 5.69 Å². The highest BCUT2D eigenvalue weighted by Crippen LogP contribution is 2.16. The van der Waals surface area contributed by atoms with Crippen molar-refractivity contribution in [3.63, 3.8) is 0 Å². The minimum absolute atomic E-state index is 0.723. The molecule has 4 heteroatoms. The van der Waals surface area contributed by atoms with Crippen LogP contribution in [0.1, 0.15) is 5.69 Å². The number of imidazole rings is 1. The first-order valence-corrected chi connectivity index (χ1v) is 5.43. The van der Waals surface area contributed by atoms with Crippen LogP contribution in [0.3, 0.4) is 0 Å². The van der Waals surface area contributed by atoms with Gasteiger partial charge in [0.05, 0.1) is 29.6 Å². The fourth-order valence-corrected chi connectivity index (χ4v) is 1.87. The van der Waals surface area contributed by atoms with E-state index in [1.807, 2.05) is 42.7 Å². The molecule has 0 aliphatic carbocycles. The van der Waals surface area contributed by atoms with E-state index in [9.17, 15) is 0 Å². The Kier molecular flexibility index (Phi) is 2.26. The number of hydrogen-bond acceptors (Lipinski definition) is 3. The summed E-state index contributed by atoms with van der Waals surface area (Å²) in [6.45, 7) is 0.723. The van der Waals surface area contributed by atoms with Crippen molar-refractivity contribution in [3.05, 3.63) is 54.6 Å². The maximum absolute atomic E-state index is 5.72. The summed E-state index contributed by atoms with van der Waals surface area (Å²) < 4.78 is 2.07. The molecule has 0 saturated heterocycles. The quantitative estimate of drug-likeness (QED) is 0.678. The summed E-state index contributed by atoms with van der Waals surface area (Å²) in [5, 5.41) is 0. The molecule has 0 amide bonds. The summed E-state index contributed by atoms with van der Waals surface area (Å²) in [5.74, 6) is 0. The minimum Gasteiger partial charge on any atom is -0.399 e. The molecule has 3 rings (SSSR count). The topological polar surface area (TPSA) is 56.7 Å². The highest BCUT2D eigenvalue weighted by atomic mass is 15.0. The number of pyridine rings is 1. The van der Waals surface area contributed by atoms with Crippen LogP contribution < -0.4 is 5.73 Å². The molecule has 3 aromatic rings. The van der Waals surface area contributed by atoms with Gasteiger partial charge in [-0.15, -0.1) is 0 Å². The molecule has 2 aromatic heterocycles. The predicted molar refractivity (Wildman–Crippen MR) is 67.5 cm³/mol. The Morgan fingerprint density at radius 2 is 2.06 bits per heavy atom. The molecule has 4 nitrogen and oxygen atoms in total. The van der Waals surface area contributed by atoms with Crippen molar-refractivity contribution in [2.24, 2.45) is 0 Å². The van der Waals surface area contributed by atoms with Crippen LogP contribution in [0, 0.1) is 0 Å². The average Bonchev–Trinajstić information content (AvgIpc) is 2.73. The Bertz CT molecular complexity index is 643. The third-order valence-electron chi connectivity index (χ3n) is 2.70. The van der Waals surface area contributed by atoms with Crippen molar-refractivity contribution in [2.75, 3.05) is 5.73 Å². The summed E-state index contributed by atoms with van der Waals surface area (Å²) in [4.78, 5) is 8.64. The number of nitrogens with two attached hydrogens (primary N) is 1. The highest BCUT2D eigenvalue weighted by Gasteiger charge is 2.03. The molecule has 2 N–H and O–H groups in total. The Labute approximate surface area is 98.7 Å². The lowest BCUT2D eigenvalue weighted by Crippen LogP contribution is -1.99. The Morgan fingerprint density at radius 3 is 2.88 bits per heavy atom. The minimum atomic E-state index is 0.723. The first-order chi connectivity index (χ1) is 8.33. The fraction of sp³-hybridized carbons (Fsp3) is 0.0769. The van der Waals surface area contributed by atoms with Crippen LogP contribution in [0.5, 0.6) is 0 Å². The first kappa shape index (κ1) is 9.84. The monoisotopic (exact) mass is 224 g/mol. The zero-order valence-corrected chi connectivity index (χ0v) is 9.24. The van der Waals surface area contributed by atoms with Crippen molar-refractivity contribution in [2.45, 2.75) is 6.54 Å². The average molecular weight is 224 g/mol. The van der Waals surface area contributed by atoms with E-state index >= 15 is 0 Å². The summed E-state index contributed by atoms with van der Waals surface area (Å²) in [6, 6.07) is 11.7. The second kappa shape index (κ2) is 3.90. The van der Waals surface area contributed by atoms with E-state index in [1.165, 1.54) is 0 Å². The van der Waals surface area contributed by atoms with Crippen molar-refractivity contribution in [1.82, 2.24) is 14.5 Å². The lowest BCUT2D eigenvalue weighted by molar-refractivity contribution is 0.797. The van der Waals surface area contributed by atoms with E-state index in [1.54, 1.807) is 6.20 Å². The van der Waals surface area contributed by atoms with E-state index in [-0.39, 0.29) is 0 Å². The van der Waals surface area contributed by atoms with Gasteiger partial charge in [-0.2, -0.15) is 0 Å². The second-order valence-corrected chi connectivity index (χ2v) is 3.94. The molecule has 2 heterocycles. The van der Waals surface area contributed by atoms with Crippen LogP contribution in [-0.2, 0) is 6.54 Å². The molecule has 84 valence electrons. The second-order valence-electron chi connectivity index (χ2n) is 3.94. The molecule has 0 aliphatic rings. The molecule has 0 aliphatic heterocycles. The van der Waals surface area contributed by atoms with Gasteiger partial charge in [-0.05, 0) is 30.3 Å². The standard InChI is InChI=1S/C13H12N4/c14-10-4-5-13-12(7-10)16-9-17(13)8-11-3-1-2-6-15-11/h1-7,9H,8,14H2. The Balaban J connectivity index is 2.01. The SMILES string of the molecule is Nc1ccc2c(c1)ncn2Cc1ccccn1. The summed E-state index contributed by atoms with van der Waals surface area (Å²) in [7, 11) is 0. The lowest BCUT2D eigenvalue weighted by Gasteiger charge is -2.03. The van der Waals surface area contributed by atoms with Crippen molar-refractivity contribution < 1.29 is 0 Å². The normalized spacial score (nSPS) is 10.8. The smallest absolute Gasteiger partial charge is 0.0962 e. The van der Waals surface area contributed by atoms with Gasteiger partial charge in [0.15, 0.2) is 0 Å². The van der Waals surface area contributed by atoms with Gasteiger partial charge in [-0.1, -0.05) is 6.07 Å². The van der Waals surface area contributed by atoms with Gasteiger partial charge < -0.3 is 10.3 Å². The van der Waals surface area contributed by atoms with Crippen LogP contribution in [0.25, 0.3) is 11.0 Å². The van der Waals surface area contributed by atoms with E-state index in [0.717, 1.165) is 29.0 Å². The van der Waals surface area contributed by atoms with Gasteiger partial charge in [0.2, 0.25) is 0 Å². The number of fused-ring (bicyclic) bond motifs is 1. The molecule has 0 spiro atoms. The molecule has 0 atom stereocenters. The van der Waals surface area contributed by atoms with E-state index in [2.05, 4.69) is 14.5 Å². The highest BCUT2D eigenvalue weighted by molar-refractivity contribution is 5.78. The zero-order valence-electron chi connectivity index (χ0n) is 9.24. The van der Waals surface area contributed by atoms with Gasteiger partial charge in [-0.3, -0.25) is 4.98 Å². The predicted octanol–water partition coefficient (Wildman–Crippen LogP) is 2.06. The van der Waals surface area contributed by atoms with Crippen LogP contribution in [0.2, 0.25) is 0 Å². The largest absolute Gasteiger partial charge is 0.399 e. The van der Waals surface area contributed by atoms with Gasteiger partial charge in [0.25, 0.3) is 0 Å². The van der Waals surface area contributed by atoms with Gasteiger partial charge in [-0.25, -0.2) is 4.98 Å². The Morgan fingerprint density at radius 1 is 1.12 bits per heavy atom. The maximum atomic E-state index is 5.72. The fourth-order valence-electron chi connectivity index (χ4n) is 1.87. The third-order valence-corrected chi connectivity index (χ3v) is 2.70. The molecule has 0 fully saturated rings. The number of rotatable bonds is 2. The molecule has 1 aromatic carbocycles. The van der Waals surface area contributed by atoms with Crippen LogP contribution in [0.15, 0.2) is 48.9 Å². The van der Waals surface area contributed by atoms with Gasteiger partial charge in [0.1, 0.15) is 0 Å². The lowest BCUT2D eigenvalue weighted by atomic mass is 10.2. The number of hydrogen-bond donors (Lipinski definition) is 1. The molecule has 0 unspecified atom stereocenters. The molecular weight excluding hydrogens is 212 g/mol. The molecule has 0 bridgehead atoms. The third kappa shape index (κ3) is 1.85. The summed E-state index contributed by atoms with van der Waals surface area (Å²) in [6.07, 6.45) is 3.62. The van der Waals surface area contributed by atoms with Crippen molar-refractivity contribution in [1.29, 1.82) is 0 Å². The number of benzene rings is 1. The number of nitrogen functional groups attached to an aromatic ring is 1. The number of anilines is 1. The van der Waals surface area contributed by atoms with E-state index in [4.69, 9.17) is 5.73 Å². The van der Waals surface area contributed by atoms with Gasteiger partial charge in [0, 0.05) is 11.9 Å². The maximum Gasteiger partial charge on any atom is 0.0962 e. The van der Waals surface area contributed by atoms with E-state index in [0.29, 0.717) is 0 Å². The molecular formula is C13H12N4. The molecule has 0 radical (unpaired) electrons. The van der Waals surface area contributed by atoms with Crippen LogP contribution in [-0.4, -0.2) is 14.5 Å². The summed E-state index contributed by atoms with van der Waals surface area (Å²) >= 11 is 0. The van der Waals surface area contributed by atoms with Crippen molar-refractivity contribution >= 4 is 16.7 Å². The zero-order chi connectivity index (χ0) is 11.7. The molecule has 0 saturated carbocycles. The van der Waals surface area contributed by atoms with Crippen molar-refractivity contribution in [3.8, 4) is 0 Å². The Hall–Kier alpha value is -2.36. The number of nitrogens with zero attached hydrogens (tertiary/aromatic N) is 3. The summed E-state index contributed by atoms with van der Waals surface area (Å²) in [5.41, 5.74) is 9.47. The first-order valence-electron chi connectivity index (χ1n) is 5.43. The van der Waals surface area contributed by atoms with Crippen LogP contribution >= 0.6 is 0 Å². The van der Waals surface area contributed by atoms with Gasteiger partial charge >= 0.3 is 0 Å². The molecule has 17 heavy (non-hydrogen) atoms. The van der Waals surface area contributed by atoms with E-state index < -0.39 is 0 Å². The number of aromatic nitrogens is 3.